The van der Waals surface area contributed by atoms with E-state index in [2.05, 4.69) is 0 Å². The number of esters is 1. The molecule has 0 radical (unpaired) electrons. The SMILES string of the molecule is COC(=O)CC(C1=C(O)[C@@]2(Oc3c(Cl)c(OC)cc(OC)c3C2=O)[C@H](C)CC1=O)c1ccc([N+](=O)[O-])cc1. The van der Waals surface area contributed by atoms with Gasteiger partial charge in [-0.3, -0.25) is 24.5 Å². The molecule has 2 aromatic rings. The third-order valence-corrected chi connectivity index (χ3v) is 7.32. The van der Waals surface area contributed by atoms with E-state index in [1.807, 2.05) is 0 Å². The van der Waals surface area contributed by atoms with Crippen LogP contribution in [-0.2, 0) is 14.3 Å². The molecule has 0 saturated heterocycles. The summed E-state index contributed by atoms with van der Waals surface area (Å²) in [4.78, 5) is 50.2. The second-order valence-electron chi connectivity index (χ2n) is 8.94. The maximum atomic E-state index is 14.0. The van der Waals surface area contributed by atoms with Gasteiger partial charge in [0.1, 0.15) is 22.1 Å². The number of carbonyl (C=O) groups is 3. The van der Waals surface area contributed by atoms with Crippen molar-refractivity contribution in [1.82, 2.24) is 0 Å². The van der Waals surface area contributed by atoms with Crippen molar-refractivity contribution >= 4 is 34.8 Å². The van der Waals surface area contributed by atoms with Gasteiger partial charge in [-0.05, 0) is 5.56 Å². The van der Waals surface area contributed by atoms with Gasteiger partial charge in [-0.1, -0.05) is 30.7 Å². The predicted molar refractivity (Wildman–Crippen MR) is 133 cm³/mol. The first-order valence-electron chi connectivity index (χ1n) is 11.5. The number of fused-ring (bicyclic) bond motifs is 1. The minimum atomic E-state index is -2.04. The molecule has 0 amide bonds. The fourth-order valence-corrected chi connectivity index (χ4v) is 5.27. The summed E-state index contributed by atoms with van der Waals surface area (Å²) in [7, 11) is 3.88. The monoisotopic (exact) mass is 545 g/mol. The molecule has 0 bridgehead atoms. The van der Waals surface area contributed by atoms with E-state index < -0.39 is 45.7 Å². The summed E-state index contributed by atoms with van der Waals surface area (Å²) in [5, 5.41) is 22.8. The highest BCUT2D eigenvalue weighted by Crippen LogP contribution is 2.55. The number of nitro benzene ring substituents is 1. The van der Waals surface area contributed by atoms with Crippen LogP contribution in [0.3, 0.4) is 0 Å². The molecule has 200 valence electrons. The van der Waals surface area contributed by atoms with E-state index in [0.29, 0.717) is 5.56 Å². The fraction of sp³-hybridized carbons (Fsp3) is 0.346. The Bertz CT molecular complexity index is 1380. The number of hydrogen-bond donors (Lipinski definition) is 1. The summed E-state index contributed by atoms with van der Waals surface area (Å²) in [6.07, 6.45) is -0.593. The molecule has 1 unspecified atom stereocenters. The molecule has 2 aromatic carbocycles. The number of hydrogen-bond acceptors (Lipinski definition) is 10. The Morgan fingerprint density at radius 2 is 1.84 bits per heavy atom. The quantitative estimate of drug-likeness (QED) is 0.302. The molecule has 4 rings (SSSR count). The van der Waals surface area contributed by atoms with Gasteiger partial charge in [0.15, 0.2) is 17.3 Å². The molecule has 1 aliphatic heterocycles. The Balaban J connectivity index is 1.94. The summed E-state index contributed by atoms with van der Waals surface area (Å²) < 4.78 is 21.6. The minimum Gasteiger partial charge on any atom is -0.507 e. The van der Waals surface area contributed by atoms with Crippen LogP contribution in [0.2, 0.25) is 5.02 Å². The smallest absolute Gasteiger partial charge is 0.306 e. The number of carbonyl (C=O) groups excluding carboxylic acids is 3. The fourth-order valence-electron chi connectivity index (χ4n) is 5.00. The molecule has 3 atom stereocenters. The number of aliphatic hydroxyl groups excluding tert-OH is 1. The van der Waals surface area contributed by atoms with E-state index >= 15 is 0 Å². The maximum absolute atomic E-state index is 14.0. The van der Waals surface area contributed by atoms with E-state index in [0.717, 1.165) is 7.11 Å². The highest BCUT2D eigenvalue weighted by Gasteiger charge is 2.61. The lowest BCUT2D eigenvalue weighted by atomic mass is 9.69. The van der Waals surface area contributed by atoms with Gasteiger partial charge in [0.25, 0.3) is 5.69 Å². The lowest BCUT2D eigenvalue weighted by Gasteiger charge is -2.38. The van der Waals surface area contributed by atoms with Crippen LogP contribution in [0, 0.1) is 16.0 Å². The standard InChI is InChI=1S/C26H24ClNO10/c1-12-9-16(29)20(15(10-19(30)37-4)13-5-7-14(8-6-13)28(33)34)24(31)26(12)25(32)21-17(35-2)11-18(36-3)22(27)23(21)38-26/h5-8,11-12,15,31H,9-10H2,1-4H3/t12-,15?,26+/m1/s1. The molecular formula is C26H24ClNO10. The molecular weight excluding hydrogens is 522 g/mol. The van der Waals surface area contributed by atoms with Gasteiger partial charge in [-0.2, -0.15) is 0 Å². The zero-order chi connectivity index (χ0) is 27.9. The maximum Gasteiger partial charge on any atom is 0.306 e. The second-order valence-corrected chi connectivity index (χ2v) is 9.32. The third-order valence-electron chi connectivity index (χ3n) is 6.96. The summed E-state index contributed by atoms with van der Waals surface area (Å²) in [5.41, 5.74) is -2.18. The van der Waals surface area contributed by atoms with Crippen LogP contribution in [0.25, 0.3) is 0 Å². The van der Waals surface area contributed by atoms with E-state index in [9.17, 15) is 29.6 Å². The minimum absolute atomic E-state index is 0.0199. The summed E-state index contributed by atoms with van der Waals surface area (Å²) in [6.45, 7) is 1.58. The van der Waals surface area contributed by atoms with Gasteiger partial charge in [0, 0.05) is 42.0 Å². The third kappa shape index (κ3) is 4.03. The lowest BCUT2D eigenvalue weighted by molar-refractivity contribution is -0.384. The van der Waals surface area contributed by atoms with E-state index in [1.165, 1.54) is 44.6 Å². The van der Waals surface area contributed by atoms with E-state index in [1.54, 1.807) is 6.92 Å². The molecule has 1 aliphatic carbocycles. The number of rotatable bonds is 7. The van der Waals surface area contributed by atoms with Crippen LogP contribution in [0.5, 0.6) is 17.2 Å². The number of methoxy groups -OCH3 is 3. The van der Waals surface area contributed by atoms with Gasteiger partial charge in [-0.25, -0.2) is 0 Å². The first kappa shape index (κ1) is 26.9. The number of ketones is 2. The van der Waals surface area contributed by atoms with Gasteiger partial charge in [0.2, 0.25) is 11.4 Å². The molecule has 1 heterocycles. The Morgan fingerprint density at radius 3 is 2.39 bits per heavy atom. The van der Waals surface area contributed by atoms with Gasteiger partial charge in [0.05, 0.1) is 32.7 Å². The normalized spacial score (nSPS) is 21.1. The van der Waals surface area contributed by atoms with Crippen molar-refractivity contribution in [3.63, 3.8) is 0 Å². The highest BCUT2D eigenvalue weighted by molar-refractivity contribution is 6.35. The largest absolute Gasteiger partial charge is 0.507 e. The second kappa shape index (κ2) is 9.97. The molecule has 0 fully saturated rings. The van der Waals surface area contributed by atoms with Crippen molar-refractivity contribution < 1.29 is 43.4 Å². The molecule has 2 aliphatic rings. The molecule has 38 heavy (non-hydrogen) atoms. The Hall–Kier alpha value is -4.12. The van der Waals surface area contributed by atoms with Gasteiger partial charge < -0.3 is 24.1 Å². The summed E-state index contributed by atoms with van der Waals surface area (Å²) in [5.74, 6) is -4.29. The zero-order valence-corrected chi connectivity index (χ0v) is 21.7. The first-order valence-corrected chi connectivity index (χ1v) is 11.9. The number of aliphatic hydroxyl groups is 1. The topological polar surface area (TPSA) is 152 Å². The van der Waals surface area contributed by atoms with Crippen molar-refractivity contribution in [2.24, 2.45) is 5.92 Å². The van der Waals surface area contributed by atoms with Crippen LogP contribution in [0.1, 0.15) is 41.6 Å². The van der Waals surface area contributed by atoms with Crippen LogP contribution in [0.4, 0.5) is 5.69 Å². The molecule has 1 spiro atoms. The van der Waals surface area contributed by atoms with Crippen LogP contribution in [-0.4, -0.2) is 54.5 Å². The Kier molecular flexibility index (Phi) is 7.07. The van der Waals surface area contributed by atoms with Gasteiger partial charge in [-0.15, -0.1) is 0 Å². The summed E-state index contributed by atoms with van der Waals surface area (Å²) >= 11 is 6.46. The van der Waals surface area contributed by atoms with E-state index in [4.69, 9.17) is 30.5 Å². The zero-order valence-electron chi connectivity index (χ0n) is 20.9. The number of benzene rings is 2. The number of nitro groups is 1. The highest BCUT2D eigenvalue weighted by atomic mass is 35.5. The molecule has 12 heteroatoms. The lowest BCUT2D eigenvalue weighted by Crippen LogP contribution is -2.53. The van der Waals surface area contributed by atoms with Crippen molar-refractivity contribution in [1.29, 1.82) is 0 Å². The number of ether oxygens (including phenoxy) is 4. The molecule has 0 saturated carbocycles. The predicted octanol–water partition coefficient (Wildman–Crippen LogP) is 4.35. The number of halogens is 1. The number of nitrogens with zero attached hydrogens (tertiary/aromatic N) is 1. The van der Waals surface area contributed by atoms with Crippen LogP contribution in [0.15, 0.2) is 41.7 Å². The van der Waals surface area contributed by atoms with E-state index in [-0.39, 0.29) is 51.9 Å². The molecule has 11 nitrogen and oxygen atoms in total. The van der Waals surface area contributed by atoms with Crippen molar-refractivity contribution in [2.75, 3.05) is 21.3 Å². The Morgan fingerprint density at radius 1 is 1.21 bits per heavy atom. The molecule has 0 aromatic heterocycles. The van der Waals surface area contributed by atoms with Crippen LogP contribution >= 0.6 is 11.6 Å². The van der Waals surface area contributed by atoms with Crippen LogP contribution < -0.4 is 14.2 Å². The van der Waals surface area contributed by atoms with Crippen molar-refractivity contribution in [3.8, 4) is 17.2 Å². The first-order chi connectivity index (χ1) is 18.0. The van der Waals surface area contributed by atoms with Gasteiger partial charge >= 0.3 is 5.97 Å². The van der Waals surface area contributed by atoms with Crippen molar-refractivity contribution in [3.05, 3.63) is 67.9 Å². The number of non-ortho nitro benzene ring substituents is 1. The summed E-state index contributed by atoms with van der Waals surface area (Å²) in [6, 6.07) is 6.60. The number of allylic oxidation sites excluding steroid dienone is 1. The Labute approximate surface area is 222 Å². The molecule has 1 N–H and O–H groups in total. The van der Waals surface area contributed by atoms with Crippen molar-refractivity contribution in [2.45, 2.75) is 31.3 Å². The number of Topliss-reactive ketones (excluding diaryl/α,β-unsaturated/α-hetero) is 2. The average Bonchev–Trinajstić information content (AvgIpc) is 3.22. The average molecular weight is 546 g/mol.